The molecule has 0 N–H and O–H groups in total. The van der Waals surface area contributed by atoms with E-state index in [4.69, 9.17) is 4.74 Å². The Bertz CT molecular complexity index is 607. The van der Waals surface area contributed by atoms with Crippen molar-refractivity contribution < 1.29 is 13.5 Å². The molecule has 2 aliphatic rings. The molecule has 1 saturated carbocycles. The monoisotopic (exact) mass is 364 g/mol. The predicted octanol–water partition coefficient (Wildman–Crippen LogP) is 4.65. The van der Waals surface area contributed by atoms with Crippen LogP contribution in [0.2, 0.25) is 0 Å². The molecule has 1 aliphatic heterocycles. The summed E-state index contributed by atoms with van der Waals surface area (Å²) in [5.41, 5.74) is 2.19. The van der Waals surface area contributed by atoms with Crippen LogP contribution in [0, 0.1) is 5.92 Å². The van der Waals surface area contributed by atoms with E-state index < -0.39 is 12.5 Å². The Morgan fingerprint density at radius 1 is 1.19 bits per heavy atom. The minimum Gasteiger partial charge on any atom is -0.471 e. The van der Waals surface area contributed by atoms with E-state index in [1.807, 2.05) is 6.07 Å². The first-order valence-corrected chi connectivity index (χ1v) is 9.88. The van der Waals surface area contributed by atoms with Crippen LogP contribution in [0.25, 0.3) is 0 Å². The molecule has 1 aliphatic carbocycles. The van der Waals surface area contributed by atoms with Crippen molar-refractivity contribution in [2.45, 2.75) is 57.8 Å². The lowest BCUT2D eigenvalue weighted by Gasteiger charge is -2.20. The highest BCUT2D eigenvalue weighted by Gasteiger charge is 2.23. The molecular formula is C21H30F2N2O. The van der Waals surface area contributed by atoms with E-state index >= 15 is 0 Å². The number of halogens is 2. The zero-order chi connectivity index (χ0) is 18.4. The number of hydrogen-bond donors (Lipinski definition) is 0. The molecule has 1 fully saturated rings. The second-order valence-electron chi connectivity index (χ2n) is 7.74. The molecule has 0 bridgehead atoms. The average molecular weight is 364 g/mol. The van der Waals surface area contributed by atoms with E-state index in [1.54, 1.807) is 6.07 Å². The van der Waals surface area contributed by atoms with Crippen LogP contribution in [0.15, 0.2) is 24.3 Å². The average Bonchev–Trinajstić information content (AvgIpc) is 2.82. The standard InChI is InChI=1S/C21H30F2N2O/c1-21(22,23)16-26-20-10-9-18-11-14-25(15-12-19(18)24-20)13-5-8-17-6-3-2-4-7-17/h5,8-10,17H,2-4,6-7,11-16H2,1H3/b8-5-. The van der Waals surface area contributed by atoms with Crippen molar-refractivity contribution in [2.75, 3.05) is 26.2 Å². The molecule has 0 saturated heterocycles. The molecule has 1 aromatic rings. The third-order valence-electron chi connectivity index (χ3n) is 5.30. The van der Waals surface area contributed by atoms with Crippen LogP contribution in [0.4, 0.5) is 8.78 Å². The van der Waals surface area contributed by atoms with Gasteiger partial charge in [-0.2, -0.15) is 0 Å². The number of allylic oxidation sites excluding steroid dienone is 1. The maximum Gasteiger partial charge on any atom is 0.278 e. The highest BCUT2D eigenvalue weighted by atomic mass is 19.3. The van der Waals surface area contributed by atoms with Crippen molar-refractivity contribution in [2.24, 2.45) is 5.92 Å². The molecule has 0 spiro atoms. The van der Waals surface area contributed by atoms with Crippen LogP contribution in [-0.4, -0.2) is 42.0 Å². The molecule has 0 atom stereocenters. The van der Waals surface area contributed by atoms with E-state index in [9.17, 15) is 8.78 Å². The fourth-order valence-corrected chi connectivity index (χ4v) is 3.80. The summed E-state index contributed by atoms with van der Waals surface area (Å²) in [6.45, 7) is 3.17. The molecule has 144 valence electrons. The molecule has 0 amide bonds. The summed E-state index contributed by atoms with van der Waals surface area (Å²) in [6.07, 6.45) is 13.3. The fourth-order valence-electron chi connectivity index (χ4n) is 3.80. The summed E-state index contributed by atoms with van der Waals surface area (Å²) < 4.78 is 31.1. The topological polar surface area (TPSA) is 25.4 Å². The minimum absolute atomic E-state index is 0.302. The van der Waals surface area contributed by atoms with Crippen LogP contribution in [0.3, 0.4) is 0 Å². The quantitative estimate of drug-likeness (QED) is 0.687. The van der Waals surface area contributed by atoms with Crippen molar-refractivity contribution in [1.82, 2.24) is 9.88 Å². The largest absolute Gasteiger partial charge is 0.471 e. The van der Waals surface area contributed by atoms with Crippen LogP contribution in [-0.2, 0) is 12.8 Å². The maximum atomic E-state index is 13.0. The van der Waals surface area contributed by atoms with E-state index in [0.29, 0.717) is 5.88 Å². The lowest BCUT2D eigenvalue weighted by Crippen LogP contribution is -2.26. The predicted molar refractivity (Wildman–Crippen MR) is 99.9 cm³/mol. The van der Waals surface area contributed by atoms with Gasteiger partial charge in [0.15, 0.2) is 6.61 Å². The summed E-state index contributed by atoms with van der Waals surface area (Å²) in [5.74, 6) is -1.77. The van der Waals surface area contributed by atoms with Gasteiger partial charge in [0.2, 0.25) is 5.88 Å². The first-order chi connectivity index (χ1) is 12.5. The summed E-state index contributed by atoms with van der Waals surface area (Å²) in [5, 5.41) is 0. The molecule has 2 heterocycles. The lowest BCUT2D eigenvalue weighted by molar-refractivity contribution is -0.0243. The number of hydrogen-bond acceptors (Lipinski definition) is 3. The third-order valence-corrected chi connectivity index (χ3v) is 5.30. The van der Waals surface area contributed by atoms with Crippen molar-refractivity contribution in [1.29, 1.82) is 0 Å². The fraction of sp³-hybridized carbons (Fsp3) is 0.667. The number of aromatic nitrogens is 1. The number of pyridine rings is 1. The van der Waals surface area contributed by atoms with Gasteiger partial charge in [0.1, 0.15) is 0 Å². The highest BCUT2D eigenvalue weighted by molar-refractivity contribution is 5.27. The van der Waals surface area contributed by atoms with Crippen LogP contribution in [0.5, 0.6) is 5.88 Å². The molecule has 0 radical (unpaired) electrons. The smallest absolute Gasteiger partial charge is 0.278 e. The van der Waals surface area contributed by atoms with Gasteiger partial charge in [-0.05, 0) is 30.7 Å². The van der Waals surface area contributed by atoms with Crippen LogP contribution in [0.1, 0.15) is 50.3 Å². The Balaban J connectivity index is 1.50. The van der Waals surface area contributed by atoms with Gasteiger partial charge in [-0.3, -0.25) is 4.90 Å². The summed E-state index contributed by atoms with van der Waals surface area (Å²) in [7, 11) is 0. The van der Waals surface area contributed by atoms with Gasteiger partial charge >= 0.3 is 0 Å². The Labute approximate surface area is 155 Å². The third kappa shape index (κ3) is 6.04. The zero-order valence-electron chi connectivity index (χ0n) is 15.7. The van der Waals surface area contributed by atoms with Crippen molar-refractivity contribution >= 4 is 0 Å². The highest BCUT2D eigenvalue weighted by Crippen LogP contribution is 2.24. The lowest BCUT2D eigenvalue weighted by atomic mass is 9.89. The van der Waals surface area contributed by atoms with E-state index in [1.165, 1.54) is 37.7 Å². The minimum atomic E-state index is -2.84. The Kier molecular flexibility index (Phi) is 6.63. The van der Waals surface area contributed by atoms with Gasteiger partial charge in [0.25, 0.3) is 5.92 Å². The molecule has 5 heteroatoms. The Hall–Kier alpha value is -1.49. The molecule has 3 rings (SSSR count). The Morgan fingerprint density at radius 3 is 2.73 bits per heavy atom. The van der Waals surface area contributed by atoms with Crippen molar-refractivity contribution in [3.05, 3.63) is 35.5 Å². The SMILES string of the molecule is CC(F)(F)COc1ccc2c(n1)CCN(C/C=C\C1CCCCC1)CC2. The van der Waals surface area contributed by atoms with Gasteiger partial charge in [0, 0.05) is 44.7 Å². The molecular weight excluding hydrogens is 334 g/mol. The number of ether oxygens (including phenoxy) is 1. The van der Waals surface area contributed by atoms with Crippen LogP contribution >= 0.6 is 0 Å². The molecule has 0 unspecified atom stereocenters. The number of fused-ring (bicyclic) bond motifs is 1. The first-order valence-electron chi connectivity index (χ1n) is 9.88. The zero-order valence-corrected chi connectivity index (χ0v) is 15.7. The normalized spacial score (nSPS) is 20.1. The van der Waals surface area contributed by atoms with Crippen molar-refractivity contribution in [3.63, 3.8) is 0 Å². The van der Waals surface area contributed by atoms with E-state index in [2.05, 4.69) is 22.0 Å². The number of nitrogens with zero attached hydrogens (tertiary/aromatic N) is 2. The van der Waals surface area contributed by atoms with Crippen molar-refractivity contribution in [3.8, 4) is 5.88 Å². The summed E-state index contributed by atoms with van der Waals surface area (Å²) in [4.78, 5) is 6.91. The second kappa shape index (κ2) is 8.94. The molecule has 0 aromatic carbocycles. The van der Waals surface area contributed by atoms with E-state index in [-0.39, 0.29) is 0 Å². The number of alkyl halides is 2. The number of rotatable bonds is 6. The van der Waals surface area contributed by atoms with Gasteiger partial charge < -0.3 is 4.74 Å². The first kappa shape index (κ1) is 19.3. The van der Waals surface area contributed by atoms with E-state index in [0.717, 1.165) is 51.0 Å². The van der Waals surface area contributed by atoms with Gasteiger partial charge in [-0.25, -0.2) is 13.8 Å². The van der Waals surface area contributed by atoms with Gasteiger partial charge in [-0.1, -0.05) is 37.5 Å². The molecule has 3 nitrogen and oxygen atoms in total. The second-order valence-corrected chi connectivity index (χ2v) is 7.74. The van der Waals surface area contributed by atoms with Gasteiger partial charge in [-0.15, -0.1) is 0 Å². The molecule has 1 aromatic heterocycles. The summed E-state index contributed by atoms with van der Waals surface area (Å²) >= 11 is 0. The van der Waals surface area contributed by atoms with Gasteiger partial charge in [0.05, 0.1) is 0 Å². The maximum absolute atomic E-state index is 13.0. The molecule has 26 heavy (non-hydrogen) atoms. The summed E-state index contributed by atoms with van der Waals surface area (Å²) in [6, 6.07) is 3.69. The Morgan fingerprint density at radius 2 is 1.96 bits per heavy atom. The van der Waals surface area contributed by atoms with Crippen LogP contribution < -0.4 is 4.74 Å².